The highest BCUT2D eigenvalue weighted by molar-refractivity contribution is 7.86. The smallest absolute Gasteiger partial charge is 0.340 e. The summed E-state index contributed by atoms with van der Waals surface area (Å²) in [5.41, 5.74) is 0.741. The van der Waals surface area contributed by atoms with Crippen molar-refractivity contribution in [1.82, 2.24) is 9.61 Å². The van der Waals surface area contributed by atoms with E-state index < -0.39 is 16.1 Å². The van der Waals surface area contributed by atoms with Crippen LogP contribution in [0.1, 0.15) is 10.5 Å². The summed E-state index contributed by atoms with van der Waals surface area (Å²) in [6, 6.07) is 6.61. The van der Waals surface area contributed by atoms with Crippen LogP contribution >= 0.6 is 0 Å². The molecule has 6 nitrogen and oxygen atoms in total. The zero-order valence-electron chi connectivity index (χ0n) is 8.32. The highest BCUT2D eigenvalue weighted by atomic mass is 32.2. The van der Waals surface area contributed by atoms with Crippen molar-refractivity contribution in [3.8, 4) is 0 Å². The molecule has 0 aromatic carbocycles. The van der Waals surface area contributed by atoms with E-state index in [-0.39, 0.29) is 5.69 Å². The zero-order valence-corrected chi connectivity index (χ0v) is 9.14. The first kappa shape index (κ1) is 10.6. The highest BCUT2D eigenvalue weighted by Crippen LogP contribution is 2.06. The van der Waals surface area contributed by atoms with Crippen molar-refractivity contribution in [3.05, 3.63) is 36.2 Å². The third-order valence-corrected chi connectivity index (χ3v) is 2.28. The van der Waals surface area contributed by atoms with E-state index in [1.165, 1.54) is 10.6 Å². The van der Waals surface area contributed by atoms with Gasteiger partial charge in [-0.15, -0.1) is 0 Å². The fourth-order valence-corrected chi connectivity index (χ4v) is 1.57. The third-order valence-electron chi connectivity index (χ3n) is 1.82. The van der Waals surface area contributed by atoms with Gasteiger partial charge in [0, 0.05) is 6.20 Å². The van der Waals surface area contributed by atoms with Gasteiger partial charge in [-0.2, -0.15) is 13.5 Å². The molecule has 0 fully saturated rings. The second-order valence-electron chi connectivity index (χ2n) is 3.17. The van der Waals surface area contributed by atoms with Crippen LogP contribution in [0.2, 0.25) is 0 Å². The van der Waals surface area contributed by atoms with Crippen molar-refractivity contribution in [1.29, 1.82) is 0 Å². The minimum atomic E-state index is -3.81. The first-order chi connectivity index (χ1) is 7.46. The van der Waals surface area contributed by atoms with Gasteiger partial charge in [0.25, 0.3) is 0 Å². The van der Waals surface area contributed by atoms with Crippen LogP contribution in [0.25, 0.3) is 5.52 Å². The quantitative estimate of drug-likeness (QED) is 0.712. The molecular weight excluding hydrogens is 232 g/mol. The molecule has 0 radical (unpaired) electrons. The molecule has 0 saturated heterocycles. The lowest BCUT2D eigenvalue weighted by Gasteiger charge is -2.01. The molecule has 0 atom stereocenters. The number of hydrogen-bond donors (Lipinski definition) is 0. The fourth-order valence-electron chi connectivity index (χ4n) is 1.21. The molecule has 0 N–H and O–H groups in total. The molecular formula is C9H8N2O4S. The van der Waals surface area contributed by atoms with E-state index in [4.69, 9.17) is 0 Å². The molecule has 2 aromatic rings. The molecule has 0 spiro atoms. The number of nitrogens with zero attached hydrogens (tertiary/aromatic N) is 2. The number of hydrogen-bond acceptors (Lipinski definition) is 5. The van der Waals surface area contributed by atoms with E-state index >= 15 is 0 Å². The predicted octanol–water partition coefficient (Wildman–Crippen LogP) is 0.451. The Labute approximate surface area is 91.6 Å². The molecule has 0 bridgehead atoms. The second kappa shape index (κ2) is 3.60. The summed E-state index contributed by atoms with van der Waals surface area (Å²) >= 11 is 0. The summed E-state index contributed by atoms with van der Waals surface area (Å²) in [7, 11) is -3.81. The van der Waals surface area contributed by atoms with E-state index in [2.05, 4.69) is 9.28 Å². The van der Waals surface area contributed by atoms with Crippen LogP contribution in [0.5, 0.6) is 0 Å². The average Bonchev–Trinajstić information content (AvgIpc) is 2.61. The molecule has 0 amide bonds. The number of carbonyl (C=O) groups is 1. The van der Waals surface area contributed by atoms with Crippen molar-refractivity contribution in [2.45, 2.75) is 0 Å². The van der Waals surface area contributed by atoms with Crippen LogP contribution in [0.3, 0.4) is 0 Å². The van der Waals surface area contributed by atoms with Gasteiger partial charge in [0.1, 0.15) is 0 Å². The molecule has 2 heterocycles. The van der Waals surface area contributed by atoms with E-state index in [0.717, 1.165) is 11.8 Å². The molecule has 84 valence electrons. The van der Waals surface area contributed by atoms with Crippen LogP contribution in [-0.4, -0.2) is 30.3 Å². The maximum atomic E-state index is 11.3. The van der Waals surface area contributed by atoms with Gasteiger partial charge >= 0.3 is 16.1 Å². The Kier molecular flexibility index (Phi) is 2.39. The largest absolute Gasteiger partial charge is 0.374 e. The third kappa shape index (κ3) is 2.19. The van der Waals surface area contributed by atoms with Crippen LogP contribution in [0.4, 0.5) is 0 Å². The Bertz CT molecular complexity index is 644. The van der Waals surface area contributed by atoms with Gasteiger partial charge in [-0.25, -0.2) is 9.31 Å². The Hall–Kier alpha value is -1.89. The molecule has 0 aliphatic rings. The summed E-state index contributed by atoms with van der Waals surface area (Å²) in [4.78, 5) is 11.3. The van der Waals surface area contributed by atoms with Crippen LogP contribution in [0, 0.1) is 0 Å². The molecule has 0 aliphatic carbocycles. The standard InChI is InChI=1S/C9H8N2O4S/c1-16(13,14)15-9(12)8-5-4-7-3-2-6-11(7)10-8/h2-6H,1H3. The zero-order chi connectivity index (χ0) is 11.8. The minimum Gasteiger partial charge on any atom is -0.340 e. The highest BCUT2D eigenvalue weighted by Gasteiger charge is 2.15. The van der Waals surface area contributed by atoms with Gasteiger partial charge in [0.15, 0.2) is 5.69 Å². The van der Waals surface area contributed by atoms with Gasteiger partial charge in [-0.3, -0.25) is 0 Å². The lowest BCUT2D eigenvalue weighted by atomic mass is 10.4. The van der Waals surface area contributed by atoms with E-state index in [1.807, 2.05) is 0 Å². The summed E-state index contributed by atoms with van der Waals surface area (Å²) in [5, 5.41) is 3.90. The Morgan fingerprint density at radius 3 is 2.81 bits per heavy atom. The van der Waals surface area contributed by atoms with Gasteiger partial charge in [-0.05, 0) is 24.3 Å². The normalized spacial score (nSPS) is 11.6. The van der Waals surface area contributed by atoms with Gasteiger partial charge in [0.05, 0.1) is 11.8 Å². The maximum absolute atomic E-state index is 11.3. The lowest BCUT2D eigenvalue weighted by molar-refractivity contribution is 0.0740. The molecule has 2 aromatic heterocycles. The summed E-state index contributed by atoms with van der Waals surface area (Å²) in [6.07, 6.45) is 2.45. The topological polar surface area (TPSA) is 77.7 Å². The number of aromatic nitrogens is 2. The Morgan fingerprint density at radius 2 is 2.12 bits per heavy atom. The summed E-state index contributed by atoms with van der Waals surface area (Å²) in [6.45, 7) is 0. The van der Waals surface area contributed by atoms with Crippen molar-refractivity contribution in [3.63, 3.8) is 0 Å². The van der Waals surface area contributed by atoms with Crippen molar-refractivity contribution in [2.75, 3.05) is 6.26 Å². The van der Waals surface area contributed by atoms with Crippen LogP contribution in [-0.2, 0) is 14.3 Å². The predicted molar refractivity (Wildman–Crippen MR) is 55.5 cm³/mol. The number of fused-ring (bicyclic) bond motifs is 1. The van der Waals surface area contributed by atoms with E-state index in [1.54, 1.807) is 24.4 Å². The number of rotatable bonds is 2. The molecule has 0 saturated carbocycles. The average molecular weight is 240 g/mol. The Morgan fingerprint density at radius 1 is 1.38 bits per heavy atom. The fraction of sp³-hybridized carbons (Fsp3) is 0.111. The molecule has 0 aliphatic heterocycles. The van der Waals surface area contributed by atoms with Gasteiger partial charge in [-0.1, -0.05) is 0 Å². The van der Waals surface area contributed by atoms with Crippen LogP contribution < -0.4 is 0 Å². The Balaban J connectivity index is 2.36. The van der Waals surface area contributed by atoms with Gasteiger partial charge < -0.3 is 4.18 Å². The summed E-state index contributed by atoms with van der Waals surface area (Å²) < 4.78 is 27.2. The lowest BCUT2D eigenvalue weighted by Crippen LogP contribution is -2.14. The molecule has 16 heavy (non-hydrogen) atoms. The van der Waals surface area contributed by atoms with E-state index in [9.17, 15) is 13.2 Å². The number of carbonyl (C=O) groups excluding carboxylic acids is 1. The molecule has 2 rings (SSSR count). The maximum Gasteiger partial charge on any atom is 0.374 e. The monoisotopic (exact) mass is 240 g/mol. The van der Waals surface area contributed by atoms with Gasteiger partial charge in [0.2, 0.25) is 0 Å². The first-order valence-electron chi connectivity index (χ1n) is 4.34. The minimum absolute atomic E-state index is 0.0610. The van der Waals surface area contributed by atoms with Crippen LogP contribution in [0.15, 0.2) is 30.5 Å². The molecule has 7 heteroatoms. The summed E-state index contributed by atoms with van der Waals surface area (Å²) in [5.74, 6) is -0.988. The van der Waals surface area contributed by atoms with Crippen molar-refractivity contribution >= 4 is 21.6 Å². The second-order valence-corrected chi connectivity index (χ2v) is 4.75. The van der Waals surface area contributed by atoms with Crippen molar-refractivity contribution in [2.24, 2.45) is 0 Å². The van der Waals surface area contributed by atoms with E-state index in [0.29, 0.717) is 0 Å². The van der Waals surface area contributed by atoms with Crippen molar-refractivity contribution < 1.29 is 17.4 Å². The first-order valence-corrected chi connectivity index (χ1v) is 6.15. The molecule has 0 unspecified atom stereocenters. The SMILES string of the molecule is CS(=O)(=O)OC(=O)c1ccc2cccn2n1.